The van der Waals surface area contributed by atoms with E-state index in [0.29, 0.717) is 5.02 Å². The van der Waals surface area contributed by atoms with Crippen LogP contribution in [0.2, 0.25) is 5.02 Å². The van der Waals surface area contributed by atoms with Gasteiger partial charge < -0.3 is 10.6 Å². The fourth-order valence-corrected chi connectivity index (χ4v) is 2.63. The molecule has 2 aromatic rings. The molecule has 0 saturated carbocycles. The number of benzene rings is 2. The lowest BCUT2D eigenvalue weighted by molar-refractivity contribution is -0.123. The Hall–Kier alpha value is -2.37. The van der Waals surface area contributed by atoms with Crippen molar-refractivity contribution in [2.75, 3.05) is 25.5 Å². The van der Waals surface area contributed by atoms with Crippen LogP contribution in [0.3, 0.4) is 0 Å². The lowest BCUT2D eigenvalue weighted by Crippen LogP contribution is -2.39. The molecule has 0 aliphatic carbocycles. The van der Waals surface area contributed by atoms with Gasteiger partial charge in [-0.3, -0.25) is 14.5 Å². The van der Waals surface area contributed by atoms with Crippen molar-refractivity contribution in [1.29, 1.82) is 0 Å². The minimum atomic E-state index is -0.157. The van der Waals surface area contributed by atoms with Gasteiger partial charge in [-0.1, -0.05) is 41.4 Å². The number of nitrogens with one attached hydrogen (secondary N) is 2. The number of halogens is 1. The SMILES string of the molecule is Cc1ccc(NC(=O)CN(C)CC(=O)NC(C)c2ccc(Cl)cc2)cc1. The molecule has 6 heteroatoms. The van der Waals surface area contributed by atoms with E-state index in [1.807, 2.05) is 50.2 Å². The lowest BCUT2D eigenvalue weighted by atomic mass is 10.1. The Bertz CT molecular complexity index is 745. The molecule has 0 aliphatic heterocycles. The first-order valence-electron chi connectivity index (χ1n) is 8.43. The fourth-order valence-electron chi connectivity index (χ4n) is 2.51. The van der Waals surface area contributed by atoms with Crippen LogP contribution in [-0.2, 0) is 9.59 Å². The second-order valence-corrected chi connectivity index (χ2v) is 6.86. The summed E-state index contributed by atoms with van der Waals surface area (Å²) >= 11 is 5.87. The summed E-state index contributed by atoms with van der Waals surface area (Å²) in [6.07, 6.45) is 0. The first-order valence-corrected chi connectivity index (χ1v) is 8.81. The van der Waals surface area contributed by atoms with Crippen LogP contribution in [0.25, 0.3) is 0 Å². The van der Waals surface area contributed by atoms with E-state index in [2.05, 4.69) is 10.6 Å². The maximum Gasteiger partial charge on any atom is 0.238 e. The van der Waals surface area contributed by atoms with E-state index in [9.17, 15) is 9.59 Å². The molecule has 138 valence electrons. The molecule has 5 nitrogen and oxygen atoms in total. The number of nitrogens with zero attached hydrogens (tertiary/aromatic N) is 1. The zero-order chi connectivity index (χ0) is 19.1. The summed E-state index contributed by atoms with van der Waals surface area (Å²) < 4.78 is 0. The maximum absolute atomic E-state index is 12.2. The summed E-state index contributed by atoms with van der Waals surface area (Å²) in [5, 5.41) is 6.40. The minimum absolute atomic E-state index is 0.130. The summed E-state index contributed by atoms with van der Waals surface area (Å²) in [5.41, 5.74) is 2.85. The summed E-state index contributed by atoms with van der Waals surface area (Å²) in [4.78, 5) is 25.9. The Labute approximate surface area is 159 Å². The van der Waals surface area contributed by atoms with Crippen molar-refractivity contribution >= 4 is 29.1 Å². The zero-order valence-corrected chi connectivity index (χ0v) is 16.0. The molecule has 0 aromatic heterocycles. The molecule has 2 aromatic carbocycles. The topological polar surface area (TPSA) is 61.4 Å². The number of anilines is 1. The number of aryl methyl sites for hydroxylation is 1. The van der Waals surface area contributed by atoms with E-state index in [1.54, 1.807) is 24.1 Å². The number of hydrogen-bond donors (Lipinski definition) is 2. The van der Waals surface area contributed by atoms with Crippen molar-refractivity contribution in [1.82, 2.24) is 10.2 Å². The predicted octanol–water partition coefficient (Wildman–Crippen LogP) is 3.40. The van der Waals surface area contributed by atoms with Gasteiger partial charge in [0.2, 0.25) is 11.8 Å². The van der Waals surface area contributed by atoms with E-state index < -0.39 is 0 Å². The van der Waals surface area contributed by atoms with Crippen molar-refractivity contribution in [3.63, 3.8) is 0 Å². The fraction of sp³-hybridized carbons (Fsp3) is 0.300. The Morgan fingerprint density at radius 3 is 2.19 bits per heavy atom. The zero-order valence-electron chi connectivity index (χ0n) is 15.3. The monoisotopic (exact) mass is 373 g/mol. The van der Waals surface area contributed by atoms with E-state index in [1.165, 1.54) is 0 Å². The highest BCUT2D eigenvalue weighted by Crippen LogP contribution is 2.15. The van der Waals surface area contributed by atoms with Gasteiger partial charge in [-0.05, 0) is 50.7 Å². The summed E-state index contributed by atoms with van der Waals surface area (Å²) in [6, 6.07) is 14.8. The predicted molar refractivity (Wildman–Crippen MR) is 105 cm³/mol. The highest BCUT2D eigenvalue weighted by atomic mass is 35.5. The van der Waals surface area contributed by atoms with Gasteiger partial charge in [0.25, 0.3) is 0 Å². The Kier molecular flexibility index (Phi) is 7.18. The molecule has 1 atom stereocenters. The van der Waals surface area contributed by atoms with E-state index >= 15 is 0 Å². The first-order chi connectivity index (χ1) is 12.3. The van der Waals surface area contributed by atoms with Gasteiger partial charge in [0, 0.05) is 10.7 Å². The molecule has 26 heavy (non-hydrogen) atoms. The average molecular weight is 374 g/mol. The quantitative estimate of drug-likeness (QED) is 0.782. The molecule has 0 heterocycles. The van der Waals surface area contributed by atoms with E-state index in [4.69, 9.17) is 11.6 Å². The maximum atomic E-state index is 12.2. The number of rotatable bonds is 7. The highest BCUT2D eigenvalue weighted by Gasteiger charge is 2.14. The third-order valence-electron chi connectivity index (χ3n) is 3.91. The van der Waals surface area contributed by atoms with Crippen LogP contribution in [0, 0.1) is 6.92 Å². The standard InChI is InChI=1S/C20H24ClN3O2/c1-14-4-10-18(11-5-14)23-20(26)13-24(3)12-19(25)22-15(2)16-6-8-17(21)9-7-16/h4-11,15H,12-13H2,1-3H3,(H,22,25)(H,23,26). The Morgan fingerprint density at radius 1 is 1.00 bits per heavy atom. The van der Waals surface area contributed by atoms with E-state index in [-0.39, 0.29) is 30.9 Å². The van der Waals surface area contributed by atoms with Crippen molar-refractivity contribution in [3.8, 4) is 0 Å². The first kappa shape index (κ1) is 19.9. The molecular weight excluding hydrogens is 350 g/mol. The van der Waals surface area contributed by atoms with Crippen LogP contribution in [0.4, 0.5) is 5.69 Å². The van der Waals surface area contributed by atoms with Crippen molar-refractivity contribution < 1.29 is 9.59 Å². The van der Waals surface area contributed by atoms with Crippen molar-refractivity contribution in [2.45, 2.75) is 19.9 Å². The van der Waals surface area contributed by atoms with Gasteiger partial charge in [0.15, 0.2) is 0 Å². The van der Waals surface area contributed by atoms with Gasteiger partial charge in [0.1, 0.15) is 0 Å². The molecule has 0 spiro atoms. The van der Waals surface area contributed by atoms with Crippen LogP contribution in [0.5, 0.6) is 0 Å². The molecule has 2 rings (SSSR count). The molecule has 1 unspecified atom stereocenters. The Balaban J connectivity index is 1.78. The van der Waals surface area contributed by atoms with Gasteiger partial charge in [-0.25, -0.2) is 0 Å². The lowest BCUT2D eigenvalue weighted by Gasteiger charge is -2.19. The second kappa shape index (κ2) is 9.36. The van der Waals surface area contributed by atoms with Gasteiger partial charge >= 0.3 is 0 Å². The van der Waals surface area contributed by atoms with Gasteiger partial charge in [-0.2, -0.15) is 0 Å². The normalized spacial score (nSPS) is 11.9. The van der Waals surface area contributed by atoms with Crippen LogP contribution in [-0.4, -0.2) is 36.9 Å². The van der Waals surface area contributed by atoms with Gasteiger partial charge in [0.05, 0.1) is 19.1 Å². The number of carbonyl (C=O) groups excluding carboxylic acids is 2. The number of carbonyl (C=O) groups is 2. The van der Waals surface area contributed by atoms with Gasteiger partial charge in [-0.15, -0.1) is 0 Å². The molecule has 2 N–H and O–H groups in total. The number of likely N-dealkylation sites (N-methyl/N-ethyl adjacent to an activating group) is 1. The number of amides is 2. The molecule has 0 fully saturated rings. The highest BCUT2D eigenvalue weighted by molar-refractivity contribution is 6.30. The largest absolute Gasteiger partial charge is 0.348 e. The van der Waals surface area contributed by atoms with Crippen LogP contribution in [0.15, 0.2) is 48.5 Å². The second-order valence-electron chi connectivity index (χ2n) is 6.43. The third-order valence-corrected chi connectivity index (χ3v) is 4.16. The number of hydrogen-bond acceptors (Lipinski definition) is 3. The van der Waals surface area contributed by atoms with Crippen molar-refractivity contribution in [3.05, 3.63) is 64.7 Å². The van der Waals surface area contributed by atoms with Crippen LogP contribution in [0.1, 0.15) is 24.1 Å². The summed E-state index contributed by atoms with van der Waals surface area (Å²) in [6.45, 7) is 4.17. The average Bonchev–Trinajstić information content (AvgIpc) is 2.57. The Morgan fingerprint density at radius 2 is 1.58 bits per heavy atom. The van der Waals surface area contributed by atoms with E-state index in [0.717, 1.165) is 16.8 Å². The molecule has 0 bridgehead atoms. The molecule has 0 aliphatic rings. The van der Waals surface area contributed by atoms with Crippen LogP contribution >= 0.6 is 11.6 Å². The molecule has 0 saturated heterocycles. The molecule has 0 radical (unpaired) electrons. The van der Waals surface area contributed by atoms with Crippen LogP contribution < -0.4 is 10.6 Å². The summed E-state index contributed by atoms with van der Waals surface area (Å²) in [5.74, 6) is -0.298. The minimum Gasteiger partial charge on any atom is -0.348 e. The third kappa shape index (κ3) is 6.50. The molecular formula is C20H24ClN3O2. The summed E-state index contributed by atoms with van der Waals surface area (Å²) in [7, 11) is 1.74. The molecule has 2 amide bonds. The smallest absolute Gasteiger partial charge is 0.238 e. The van der Waals surface area contributed by atoms with Crippen molar-refractivity contribution in [2.24, 2.45) is 0 Å².